The Morgan fingerprint density at radius 3 is 2.22 bits per heavy atom. The van der Waals surface area contributed by atoms with Gasteiger partial charge in [-0.2, -0.15) is 0 Å². The minimum Gasteiger partial charge on any atom is -0.455 e. The number of para-hydroxylation sites is 3. The van der Waals surface area contributed by atoms with Gasteiger partial charge in [-0.1, -0.05) is 60.7 Å². The number of halogens is 1. The summed E-state index contributed by atoms with van der Waals surface area (Å²) in [6.45, 7) is 4.84. The number of urea groups is 1. The molecule has 32 heavy (non-hydrogen) atoms. The van der Waals surface area contributed by atoms with Crippen LogP contribution in [0.25, 0.3) is 0 Å². The van der Waals surface area contributed by atoms with Gasteiger partial charge in [0.15, 0.2) is 5.75 Å². The number of nitrogens with zero attached hydrogens (tertiary/aromatic N) is 3. The molecule has 166 valence electrons. The second kappa shape index (κ2) is 10.1. The first-order valence-electron chi connectivity index (χ1n) is 11.0. The summed E-state index contributed by atoms with van der Waals surface area (Å²) in [5.41, 5.74) is 3.21. The number of anilines is 1. The van der Waals surface area contributed by atoms with Crippen LogP contribution in [0.5, 0.6) is 11.5 Å². The Kier molecular flexibility index (Phi) is 6.98. The van der Waals surface area contributed by atoms with Crippen molar-refractivity contribution < 1.29 is 9.53 Å². The number of ether oxygens (including phenoxy) is 1. The number of piperazine rings is 1. The molecule has 2 aliphatic heterocycles. The van der Waals surface area contributed by atoms with Gasteiger partial charge >= 0.3 is 6.03 Å². The van der Waals surface area contributed by atoms with E-state index in [4.69, 9.17) is 4.74 Å². The Balaban J connectivity index is 0.00000245. The molecule has 2 aliphatic rings. The van der Waals surface area contributed by atoms with Gasteiger partial charge in [0.25, 0.3) is 0 Å². The molecule has 0 bridgehead atoms. The minimum absolute atomic E-state index is 0. The molecule has 0 aromatic heterocycles. The van der Waals surface area contributed by atoms with Crippen LogP contribution in [-0.2, 0) is 13.0 Å². The van der Waals surface area contributed by atoms with E-state index in [-0.39, 0.29) is 18.4 Å². The van der Waals surface area contributed by atoms with Crippen LogP contribution in [0.4, 0.5) is 10.5 Å². The monoisotopic (exact) mass is 449 g/mol. The predicted octanol–water partition coefficient (Wildman–Crippen LogP) is 5.20. The highest BCUT2D eigenvalue weighted by molar-refractivity contribution is 5.94. The van der Waals surface area contributed by atoms with E-state index in [1.165, 1.54) is 5.56 Å². The Morgan fingerprint density at radius 2 is 1.44 bits per heavy atom. The standard InChI is InChI=1S/C26H27N3O2.ClH/c30-26(28-18-16-27(17-19-28)15-14-21-8-2-1-3-9-21)29-20-22-10-4-6-12-24(22)31-25-13-7-5-11-23(25)29;/h1-13H,14-20H2;1H. The third kappa shape index (κ3) is 4.74. The van der Waals surface area contributed by atoms with Gasteiger partial charge in [-0.15, -0.1) is 12.4 Å². The summed E-state index contributed by atoms with van der Waals surface area (Å²) in [6, 6.07) is 26.4. The molecular formula is C26H28ClN3O2. The molecule has 0 radical (unpaired) electrons. The van der Waals surface area contributed by atoms with E-state index >= 15 is 0 Å². The quantitative estimate of drug-likeness (QED) is 0.551. The van der Waals surface area contributed by atoms with Crippen LogP contribution >= 0.6 is 12.4 Å². The topological polar surface area (TPSA) is 36.0 Å². The summed E-state index contributed by atoms with van der Waals surface area (Å²) >= 11 is 0. The molecular weight excluding hydrogens is 422 g/mol. The van der Waals surface area contributed by atoms with Gasteiger partial charge in [0.1, 0.15) is 5.75 Å². The fourth-order valence-electron chi connectivity index (χ4n) is 4.31. The Hall–Kier alpha value is -3.02. The summed E-state index contributed by atoms with van der Waals surface area (Å²) in [6.07, 6.45) is 1.04. The Labute approximate surface area is 195 Å². The largest absolute Gasteiger partial charge is 0.455 e. The van der Waals surface area contributed by atoms with E-state index in [0.29, 0.717) is 6.54 Å². The molecule has 3 aromatic carbocycles. The zero-order valence-electron chi connectivity index (χ0n) is 18.0. The lowest BCUT2D eigenvalue weighted by atomic mass is 10.1. The molecule has 6 heteroatoms. The molecule has 0 atom stereocenters. The molecule has 2 heterocycles. The van der Waals surface area contributed by atoms with Gasteiger partial charge in [0.2, 0.25) is 0 Å². The number of rotatable bonds is 3. The van der Waals surface area contributed by atoms with Crippen LogP contribution < -0.4 is 9.64 Å². The van der Waals surface area contributed by atoms with E-state index < -0.39 is 0 Å². The number of benzene rings is 3. The molecule has 3 aromatic rings. The summed E-state index contributed by atoms with van der Waals surface area (Å²) in [4.78, 5) is 19.8. The molecule has 0 saturated carbocycles. The lowest BCUT2D eigenvalue weighted by Gasteiger charge is -2.37. The molecule has 1 saturated heterocycles. The van der Waals surface area contributed by atoms with Gasteiger partial charge in [0, 0.05) is 38.3 Å². The SMILES string of the molecule is Cl.O=C(N1CCN(CCc2ccccc2)CC1)N1Cc2ccccc2Oc2ccccc21. The zero-order chi connectivity index (χ0) is 21.0. The molecule has 5 nitrogen and oxygen atoms in total. The highest BCUT2D eigenvalue weighted by atomic mass is 35.5. The van der Waals surface area contributed by atoms with E-state index in [1.54, 1.807) is 0 Å². The maximum Gasteiger partial charge on any atom is 0.325 e. The van der Waals surface area contributed by atoms with Crippen molar-refractivity contribution in [2.75, 3.05) is 37.6 Å². The van der Waals surface area contributed by atoms with Gasteiger partial charge in [-0.25, -0.2) is 4.79 Å². The highest BCUT2D eigenvalue weighted by Gasteiger charge is 2.30. The third-order valence-corrected chi connectivity index (χ3v) is 6.11. The number of carbonyl (C=O) groups excluding carboxylic acids is 1. The zero-order valence-corrected chi connectivity index (χ0v) is 18.8. The molecule has 5 rings (SSSR count). The Morgan fingerprint density at radius 1 is 0.781 bits per heavy atom. The van der Waals surface area contributed by atoms with Crippen molar-refractivity contribution >= 4 is 24.1 Å². The first-order chi connectivity index (χ1) is 15.3. The average molecular weight is 450 g/mol. The van der Waals surface area contributed by atoms with Gasteiger partial charge in [-0.3, -0.25) is 9.80 Å². The lowest BCUT2D eigenvalue weighted by molar-refractivity contribution is 0.144. The molecule has 2 amide bonds. The summed E-state index contributed by atoms with van der Waals surface area (Å²) < 4.78 is 6.14. The van der Waals surface area contributed by atoms with Crippen molar-refractivity contribution in [1.29, 1.82) is 0 Å². The molecule has 0 unspecified atom stereocenters. The summed E-state index contributed by atoms with van der Waals surface area (Å²) in [5, 5.41) is 0. The predicted molar refractivity (Wildman–Crippen MR) is 130 cm³/mol. The van der Waals surface area contributed by atoms with Crippen molar-refractivity contribution in [1.82, 2.24) is 9.80 Å². The van der Waals surface area contributed by atoms with Crippen LogP contribution in [0, 0.1) is 0 Å². The minimum atomic E-state index is 0. The van der Waals surface area contributed by atoms with Crippen molar-refractivity contribution in [2.24, 2.45) is 0 Å². The average Bonchev–Trinajstić information content (AvgIpc) is 3.00. The fourth-order valence-corrected chi connectivity index (χ4v) is 4.31. The lowest BCUT2D eigenvalue weighted by Crippen LogP contribution is -2.53. The fraction of sp³-hybridized carbons (Fsp3) is 0.269. The van der Waals surface area contributed by atoms with Crippen LogP contribution in [0.2, 0.25) is 0 Å². The van der Waals surface area contributed by atoms with Crippen molar-refractivity contribution in [3.05, 3.63) is 90.0 Å². The van der Waals surface area contributed by atoms with Crippen molar-refractivity contribution in [2.45, 2.75) is 13.0 Å². The van der Waals surface area contributed by atoms with E-state index in [9.17, 15) is 4.79 Å². The number of hydrogen-bond donors (Lipinski definition) is 0. The second-order valence-corrected chi connectivity index (χ2v) is 8.11. The summed E-state index contributed by atoms with van der Waals surface area (Å²) in [5.74, 6) is 1.54. The van der Waals surface area contributed by atoms with Crippen molar-refractivity contribution in [3.63, 3.8) is 0 Å². The van der Waals surface area contributed by atoms with E-state index in [0.717, 1.165) is 61.9 Å². The first kappa shape index (κ1) is 22.2. The van der Waals surface area contributed by atoms with Crippen molar-refractivity contribution in [3.8, 4) is 11.5 Å². The Bertz CT molecular complexity index is 1050. The first-order valence-corrected chi connectivity index (χ1v) is 11.0. The number of fused-ring (bicyclic) bond motifs is 2. The van der Waals surface area contributed by atoms with Gasteiger partial charge < -0.3 is 9.64 Å². The van der Waals surface area contributed by atoms with Crippen LogP contribution in [-0.4, -0.2) is 48.6 Å². The molecule has 0 spiro atoms. The number of hydrogen-bond acceptors (Lipinski definition) is 3. The van der Waals surface area contributed by atoms with Gasteiger partial charge in [0.05, 0.1) is 12.2 Å². The van der Waals surface area contributed by atoms with Crippen LogP contribution in [0.3, 0.4) is 0 Å². The molecule has 1 fully saturated rings. The number of amides is 2. The number of carbonyl (C=O) groups is 1. The van der Waals surface area contributed by atoms with Gasteiger partial charge in [-0.05, 0) is 30.2 Å². The smallest absolute Gasteiger partial charge is 0.325 e. The maximum absolute atomic E-state index is 13.5. The molecule has 0 aliphatic carbocycles. The van der Waals surface area contributed by atoms with Crippen LogP contribution in [0.1, 0.15) is 11.1 Å². The highest BCUT2D eigenvalue weighted by Crippen LogP contribution is 2.39. The van der Waals surface area contributed by atoms with E-state index in [2.05, 4.69) is 35.2 Å². The molecule has 0 N–H and O–H groups in total. The summed E-state index contributed by atoms with van der Waals surface area (Å²) in [7, 11) is 0. The maximum atomic E-state index is 13.5. The normalized spacial score (nSPS) is 15.6. The van der Waals surface area contributed by atoms with E-state index in [1.807, 2.05) is 58.3 Å². The van der Waals surface area contributed by atoms with Crippen LogP contribution in [0.15, 0.2) is 78.9 Å². The third-order valence-electron chi connectivity index (χ3n) is 6.11. The second-order valence-electron chi connectivity index (χ2n) is 8.11.